The van der Waals surface area contributed by atoms with Gasteiger partial charge in [-0.25, -0.2) is 0 Å². The zero-order chi connectivity index (χ0) is 14.3. The summed E-state index contributed by atoms with van der Waals surface area (Å²) in [6.07, 6.45) is 0. The van der Waals surface area contributed by atoms with E-state index in [0.717, 1.165) is 17.5 Å². The minimum absolute atomic E-state index is 0.112. The number of amides is 1. The van der Waals surface area contributed by atoms with Crippen LogP contribution >= 0.6 is 11.8 Å². The van der Waals surface area contributed by atoms with Crippen molar-refractivity contribution < 1.29 is 19.4 Å². The van der Waals surface area contributed by atoms with E-state index in [9.17, 15) is 9.59 Å². The van der Waals surface area contributed by atoms with Gasteiger partial charge in [0.25, 0.3) is 0 Å². The molecule has 0 aromatic heterocycles. The molecule has 1 aromatic carbocycles. The van der Waals surface area contributed by atoms with Crippen molar-refractivity contribution in [3.05, 3.63) is 24.3 Å². The normalized spacial score (nSPS) is 11.7. The molecule has 1 amide bonds. The van der Waals surface area contributed by atoms with Gasteiger partial charge in [-0.1, -0.05) is 0 Å². The highest BCUT2D eigenvalue weighted by molar-refractivity contribution is 8.01. The van der Waals surface area contributed by atoms with Crippen molar-refractivity contribution in [3.63, 3.8) is 0 Å². The molecule has 0 heterocycles. The van der Waals surface area contributed by atoms with Crippen LogP contribution in [0.2, 0.25) is 0 Å². The molecule has 0 spiro atoms. The molecule has 0 radical (unpaired) electrons. The smallest absolute Gasteiger partial charge is 0.316 e. The molecule has 0 aliphatic heterocycles. The fraction of sp³-hybridized carbons (Fsp3) is 0.385. The molecule has 1 aromatic rings. The Bertz CT molecular complexity index is 433. The van der Waals surface area contributed by atoms with E-state index < -0.39 is 11.2 Å². The topological polar surface area (TPSA) is 75.6 Å². The van der Waals surface area contributed by atoms with Crippen molar-refractivity contribution in [2.24, 2.45) is 0 Å². The number of carboxylic acid groups (broad SMARTS) is 1. The number of carbonyl (C=O) groups is 2. The first-order valence-electron chi connectivity index (χ1n) is 5.90. The Balaban J connectivity index is 2.41. The predicted molar refractivity (Wildman–Crippen MR) is 75.8 cm³/mol. The molecule has 0 saturated heterocycles. The summed E-state index contributed by atoms with van der Waals surface area (Å²) in [5.74, 6) is -0.281. The van der Waals surface area contributed by atoms with Gasteiger partial charge in [-0.3, -0.25) is 9.59 Å². The Morgan fingerprint density at radius 2 is 2.00 bits per heavy atom. The summed E-state index contributed by atoms with van der Waals surface area (Å²) >= 11 is 1.09. The first kappa shape index (κ1) is 15.4. The van der Waals surface area contributed by atoms with Gasteiger partial charge in [-0.15, -0.1) is 11.8 Å². The summed E-state index contributed by atoms with van der Waals surface area (Å²) in [6.45, 7) is 4.04. The lowest BCUT2D eigenvalue weighted by molar-refractivity contribution is -0.136. The first-order chi connectivity index (χ1) is 9.02. The summed E-state index contributed by atoms with van der Waals surface area (Å²) in [7, 11) is 0. The highest BCUT2D eigenvalue weighted by Crippen LogP contribution is 2.16. The Morgan fingerprint density at radius 1 is 1.37 bits per heavy atom. The number of hydrogen-bond acceptors (Lipinski definition) is 4. The van der Waals surface area contributed by atoms with Crippen LogP contribution in [0.3, 0.4) is 0 Å². The third-order valence-corrected chi connectivity index (χ3v) is 3.39. The molecule has 6 heteroatoms. The monoisotopic (exact) mass is 283 g/mol. The molecule has 0 saturated carbocycles. The molecule has 104 valence electrons. The molecule has 0 aliphatic rings. The fourth-order valence-electron chi connectivity index (χ4n) is 1.27. The molecular weight excluding hydrogens is 266 g/mol. The highest BCUT2D eigenvalue weighted by Gasteiger charge is 2.13. The van der Waals surface area contributed by atoms with Gasteiger partial charge in [-0.2, -0.15) is 0 Å². The van der Waals surface area contributed by atoms with E-state index >= 15 is 0 Å². The molecule has 0 aliphatic carbocycles. The zero-order valence-electron chi connectivity index (χ0n) is 10.9. The van der Waals surface area contributed by atoms with Gasteiger partial charge in [0.2, 0.25) is 5.91 Å². The molecule has 0 fully saturated rings. The molecule has 1 unspecified atom stereocenters. The summed E-state index contributed by atoms with van der Waals surface area (Å²) in [5, 5.41) is 10.8. The lowest BCUT2D eigenvalue weighted by atomic mass is 10.3. The van der Waals surface area contributed by atoms with Gasteiger partial charge in [0, 0.05) is 5.69 Å². The van der Waals surface area contributed by atoms with E-state index in [1.165, 1.54) is 0 Å². The van der Waals surface area contributed by atoms with Crippen molar-refractivity contribution in [1.82, 2.24) is 0 Å². The van der Waals surface area contributed by atoms with Crippen LogP contribution in [-0.2, 0) is 9.59 Å². The molecule has 1 rings (SSSR count). The van der Waals surface area contributed by atoms with Crippen molar-refractivity contribution in [1.29, 1.82) is 0 Å². The highest BCUT2D eigenvalue weighted by atomic mass is 32.2. The van der Waals surface area contributed by atoms with Gasteiger partial charge in [0.05, 0.1) is 17.6 Å². The van der Waals surface area contributed by atoms with E-state index in [4.69, 9.17) is 9.84 Å². The van der Waals surface area contributed by atoms with E-state index in [1.807, 2.05) is 6.92 Å². The Hall–Kier alpha value is -1.69. The van der Waals surface area contributed by atoms with E-state index in [-0.39, 0.29) is 11.7 Å². The second-order valence-electron chi connectivity index (χ2n) is 3.80. The number of anilines is 1. The Labute approximate surface area is 116 Å². The molecular formula is C13H17NO4S. The maximum atomic E-state index is 11.6. The minimum atomic E-state index is -0.918. The van der Waals surface area contributed by atoms with Crippen LogP contribution in [0.15, 0.2) is 24.3 Å². The number of thioether (sulfide) groups is 1. The van der Waals surface area contributed by atoms with Crippen molar-refractivity contribution in [3.8, 4) is 5.75 Å². The summed E-state index contributed by atoms with van der Waals surface area (Å²) in [6, 6.07) is 7.03. The number of carbonyl (C=O) groups excluding carboxylic acids is 1. The number of hydrogen-bond donors (Lipinski definition) is 2. The van der Waals surface area contributed by atoms with Crippen LogP contribution in [0.1, 0.15) is 13.8 Å². The summed E-state index contributed by atoms with van der Waals surface area (Å²) < 4.78 is 5.29. The van der Waals surface area contributed by atoms with Crippen molar-refractivity contribution >= 4 is 29.3 Å². The third-order valence-electron chi connectivity index (χ3n) is 2.26. The average molecular weight is 283 g/mol. The average Bonchev–Trinajstić information content (AvgIpc) is 2.38. The second-order valence-corrected chi connectivity index (χ2v) is 5.13. The number of aliphatic carboxylic acids is 1. The Kier molecular flexibility index (Phi) is 6.21. The van der Waals surface area contributed by atoms with Crippen LogP contribution in [0.5, 0.6) is 5.75 Å². The molecule has 5 nitrogen and oxygen atoms in total. The van der Waals surface area contributed by atoms with Crippen LogP contribution in [0.4, 0.5) is 5.69 Å². The van der Waals surface area contributed by atoms with Crippen LogP contribution in [-0.4, -0.2) is 34.6 Å². The first-order valence-corrected chi connectivity index (χ1v) is 6.95. The molecule has 0 bridgehead atoms. The fourth-order valence-corrected chi connectivity index (χ4v) is 1.89. The lowest BCUT2D eigenvalue weighted by Gasteiger charge is -2.08. The van der Waals surface area contributed by atoms with Crippen LogP contribution < -0.4 is 10.1 Å². The van der Waals surface area contributed by atoms with E-state index in [0.29, 0.717) is 12.3 Å². The summed E-state index contributed by atoms with van der Waals surface area (Å²) in [5.41, 5.74) is 0.664. The van der Waals surface area contributed by atoms with Crippen molar-refractivity contribution in [2.75, 3.05) is 17.7 Å². The number of rotatable bonds is 7. The SMILES string of the molecule is CCOc1ccc(NC(=O)CSC(C)C(=O)O)cc1. The van der Waals surface area contributed by atoms with Crippen LogP contribution in [0, 0.1) is 0 Å². The van der Waals surface area contributed by atoms with Gasteiger partial charge >= 0.3 is 5.97 Å². The second kappa shape index (κ2) is 7.68. The lowest BCUT2D eigenvalue weighted by Crippen LogP contribution is -2.19. The van der Waals surface area contributed by atoms with Gasteiger partial charge in [0.1, 0.15) is 5.75 Å². The number of carboxylic acids is 1. The summed E-state index contributed by atoms with van der Waals surface area (Å²) in [4.78, 5) is 22.2. The molecule has 19 heavy (non-hydrogen) atoms. The van der Waals surface area contributed by atoms with Crippen LogP contribution in [0.25, 0.3) is 0 Å². The van der Waals surface area contributed by atoms with E-state index in [1.54, 1.807) is 31.2 Å². The minimum Gasteiger partial charge on any atom is -0.494 e. The largest absolute Gasteiger partial charge is 0.494 e. The predicted octanol–water partition coefficient (Wildman–Crippen LogP) is 2.23. The third kappa shape index (κ3) is 5.65. The quantitative estimate of drug-likeness (QED) is 0.802. The molecule has 2 N–H and O–H groups in total. The standard InChI is InChI=1S/C13H17NO4S/c1-3-18-11-6-4-10(5-7-11)14-12(15)8-19-9(2)13(16)17/h4-7,9H,3,8H2,1-2H3,(H,14,15)(H,16,17). The van der Waals surface area contributed by atoms with Gasteiger partial charge < -0.3 is 15.2 Å². The van der Waals surface area contributed by atoms with Gasteiger partial charge in [0.15, 0.2) is 0 Å². The van der Waals surface area contributed by atoms with Crippen molar-refractivity contribution in [2.45, 2.75) is 19.1 Å². The number of ether oxygens (including phenoxy) is 1. The van der Waals surface area contributed by atoms with Gasteiger partial charge in [-0.05, 0) is 38.1 Å². The molecule has 1 atom stereocenters. The maximum absolute atomic E-state index is 11.6. The van der Waals surface area contributed by atoms with E-state index in [2.05, 4.69) is 5.32 Å². The number of nitrogens with one attached hydrogen (secondary N) is 1. The maximum Gasteiger partial charge on any atom is 0.316 e. The number of benzene rings is 1. The zero-order valence-corrected chi connectivity index (χ0v) is 11.7. The Morgan fingerprint density at radius 3 is 2.53 bits per heavy atom.